The topological polar surface area (TPSA) is 106 Å². The first-order valence-corrected chi connectivity index (χ1v) is 9.72. The molecule has 8 nitrogen and oxygen atoms in total. The molecule has 2 aromatic heterocycles. The highest BCUT2D eigenvalue weighted by Crippen LogP contribution is 2.37. The van der Waals surface area contributed by atoms with Gasteiger partial charge >= 0.3 is 0 Å². The zero-order chi connectivity index (χ0) is 21.6. The average Bonchev–Trinajstić information content (AvgIpc) is 3.36. The van der Waals surface area contributed by atoms with E-state index in [0.29, 0.717) is 17.6 Å². The number of primary amides is 1. The third kappa shape index (κ3) is 3.47. The number of fused-ring (bicyclic) bond motifs is 1. The smallest absolute Gasteiger partial charge is 0.267 e. The molecule has 0 aliphatic heterocycles. The van der Waals surface area contributed by atoms with Gasteiger partial charge in [0.2, 0.25) is 5.91 Å². The van der Waals surface area contributed by atoms with Gasteiger partial charge in [0.05, 0.1) is 35.3 Å². The van der Waals surface area contributed by atoms with E-state index in [-0.39, 0.29) is 18.0 Å². The Kier molecular flexibility index (Phi) is 4.89. The minimum absolute atomic E-state index is 0.212. The van der Waals surface area contributed by atoms with Crippen molar-refractivity contribution in [3.63, 3.8) is 0 Å². The van der Waals surface area contributed by atoms with Crippen molar-refractivity contribution in [2.45, 2.75) is 25.9 Å². The molecule has 3 N–H and O–H groups in total. The number of carbonyl (C=O) groups excluding carboxylic acids is 2. The van der Waals surface area contributed by atoms with E-state index < -0.39 is 18.0 Å². The third-order valence-electron chi connectivity index (χ3n) is 5.47. The molecule has 156 valence electrons. The highest BCUT2D eigenvalue weighted by molar-refractivity contribution is 6.03. The lowest BCUT2D eigenvalue weighted by Gasteiger charge is -2.23. The molecule has 1 aliphatic carbocycles. The van der Waals surface area contributed by atoms with Crippen molar-refractivity contribution in [1.29, 1.82) is 0 Å². The first-order valence-electron chi connectivity index (χ1n) is 9.72. The summed E-state index contributed by atoms with van der Waals surface area (Å²) in [6, 6.07) is 5.45. The van der Waals surface area contributed by atoms with Crippen LogP contribution in [0.3, 0.4) is 0 Å². The molecular formula is C21H23FN6O2. The largest absolute Gasteiger partial charge is 0.364 e. The Labute approximate surface area is 172 Å². The number of nitrogens with two attached hydrogens (primary N) is 1. The number of nitrogens with zero attached hydrogens (tertiary/aromatic N) is 4. The number of hydrogen-bond acceptors (Lipinski definition) is 5. The Morgan fingerprint density at radius 1 is 1.33 bits per heavy atom. The number of hydrogen-bond donors (Lipinski definition) is 2. The molecule has 1 fully saturated rings. The van der Waals surface area contributed by atoms with Crippen molar-refractivity contribution >= 4 is 39.9 Å². The van der Waals surface area contributed by atoms with Crippen LogP contribution in [0.25, 0.3) is 11.0 Å². The number of amides is 2. The summed E-state index contributed by atoms with van der Waals surface area (Å²) in [5, 5.41) is 2.83. The summed E-state index contributed by atoms with van der Waals surface area (Å²) >= 11 is 0. The van der Waals surface area contributed by atoms with E-state index in [1.165, 1.54) is 0 Å². The van der Waals surface area contributed by atoms with Gasteiger partial charge in [-0.2, -0.15) is 0 Å². The van der Waals surface area contributed by atoms with Crippen molar-refractivity contribution < 1.29 is 14.0 Å². The van der Waals surface area contributed by atoms with Crippen molar-refractivity contribution in [3.05, 3.63) is 42.0 Å². The van der Waals surface area contributed by atoms with Gasteiger partial charge in [-0.25, -0.2) is 14.4 Å². The fourth-order valence-corrected chi connectivity index (χ4v) is 3.51. The molecule has 0 spiro atoms. The molecule has 1 aliphatic rings. The van der Waals surface area contributed by atoms with E-state index in [4.69, 9.17) is 5.73 Å². The lowest BCUT2D eigenvalue weighted by atomic mass is 10.1. The minimum atomic E-state index is -1.07. The fourth-order valence-electron chi connectivity index (χ4n) is 3.51. The van der Waals surface area contributed by atoms with Crippen LogP contribution in [0.5, 0.6) is 0 Å². The first kappa shape index (κ1) is 19.8. The number of carbonyl (C=O) groups is 2. The molecule has 2 heterocycles. The van der Waals surface area contributed by atoms with Gasteiger partial charge in [-0.1, -0.05) is 6.92 Å². The van der Waals surface area contributed by atoms with Crippen LogP contribution in [0.2, 0.25) is 0 Å². The number of aromatic nitrogens is 3. The molecule has 0 saturated heterocycles. The molecule has 0 radical (unpaired) electrons. The zero-order valence-corrected chi connectivity index (χ0v) is 17.0. The number of nitrogens with one attached hydrogen (secondary N) is 1. The van der Waals surface area contributed by atoms with Gasteiger partial charge in [-0.05, 0) is 36.6 Å². The SMILES string of the molecule is CCc1cc(C(N)=O)ncc1N(C)c1cc(NC(=O)[C@H]2C[C@H]2F)c2ncn(C)c2c1. The van der Waals surface area contributed by atoms with E-state index in [2.05, 4.69) is 15.3 Å². The van der Waals surface area contributed by atoms with Crippen molar-refractivity contribution in [2.75, 3.05) is 17.3 Å². The molecule has 0 bridgehead atoms. The third-order valence-corrected chi connectivity index (χ3v) is 5.47. The number of benzene rings is 1. The molecule has 3 aromatic rings. The maximum atomic E-state index is 13.3. The lowest BCUT2D eigenvalue weighted by Crippen LogP contribution is -2.18. The van der Waals surface area contributed by atoms with Crippen LogP contribution in [0.1, 0.15) is 29.4 Å². The van der Waals surface area contributed by atoms with E-state index in [1.54, 1.807) is 18.6 Å². The van der Waals surface area contributed by atoms with E-state index in [9.17, 15) is 14.0 Å². The van der Waals surface area contributed by atoms with Crippen LogP contribution in [-0.2, 0) is 18.3 Å². The number of aryl methyl sites for hydroxylation is 2. The Bertz CT molecular complexity index is 1160. The number of halogens is 1. The average molecular weight is 410 g/mol. The van der Waals surface area contributed by atoms with Crippen molar-refractivity contribution in [1.82, 2.24) is 14.5 Å². The number of imidazole rings is 1. The van der Waals surface area contributed by atoms with Crippen molar-refractivity contribution in [3.8, 4) is 0 Å². The Morgan fingerprint density at radius 2 is 2.07 bits per heavy atom. The minimum Gasteiger partial charge on any atom is -0.364 e. The van der Waals surface area contributed by atoms with E-state index >= 15 is 0 Å². The summed E-state index contributed by atoms with van der Waals surface area (Å²) in [7, 11) is 3.74. The number of pyridine rings is 1. The van der Waals surface area contributed by atoms with Gasteiger partial charge in [0.25, 0.3) is 5.91 Å². The van der Waals surface area contributed by atoms with Gasteiger partial charge in [-0.15, -0.1) is 0 Å². The van der Waals surface area contributed by atoms with Gasteiger partial charge in [-0.3, -0.25) is 9.59 Å². The zero-order valence-electron chi connectivity index (χ0n) is 17.0. The Hall–Kier alpha value is -3.49. The van der Waals surface area contributed by atoms with Crippen LogP contribution < -0.4 is 16.0 Å². The Balaban J connectivity index is 1.76. The Morgan fingerprint density at radius 3 is 2.70 bits per heavy atom. The van der Waals surface area contributed by atoms with Gasteiger partial charge in [0.1, 0.15) is 17.4 Å². The molecular weight excluding hydrogens is 387 g/mol. The molecule has 9 heteroatoms. The number of alkyl halides is 1. The van der Waals surface area contributed by atoms with E-state index in [0.717, 1.165) is 22.5 Å². The predicted octanol–water partition coefficient (Wildman–Crippen LogP) is 2.69. The van der Waals surface area contributed by atoms with Gasteiger partial charge in [0, 0.05) is 19.8 Å². The number of rotatable bonds is 6. The fraction of sp³-hybridized carbons (Fsp3) is 0.333. The molecule has 0 unspecified atom stereocenters. The van der Waals surface area contributed by atoms with Crippen molar-refractivity contribution in [2.24, 2.45) is 18.7 Å². The second-order valence-electron chi connectivity index (χ2n) is 7.54. The van der Waals surface area contributed by atoms with Crippen LogP contribution in [0, 0.1) is 5.92 Å². The molecule has 1 aromatic carbocycles. The summed E-state index contributed by atoms with van der Waals surface area (Å²) in [5.41, 5.74) is 10.1. The van der Waals surface area contributed by atoms with Crippen LogP contribution in [-0.4, -0.2) is 39.6 Å². The maximum Gasteiger partial charge on any atom is 0.267 e. The normalized spacial score (nSPS) is 17.7. The van der Waals surface area contributed by atoms with Gasteiger partial charge < -0.3 is 20.5 Å². The van der Waals surface area contributed by atoms with Crippen LogP contribution >= 0.6 is 0 Å². The van der Waals surface area contributed by atoms with Crippen LogP contribution in [0.4, 0.5) is 21.5 Å². The molecule has 4 rings (SSSR count). The summed E-state index contributed by atoms with van der Waals surface area (Å²) in [4.78, 5) is 34.3. The summed E-state index contributed by atoms with van der Waals surface area (Å²) < 4.78 is 15.2. The molecule has 2 atom stereocenters. The lowest BCUT2D eigenvalue weighted by molar-refractivity contribution is -0.117. The summed E-state index contributed by atoms with van der Waals surface area (Å²) in [5.74, 6) is -1.51. The highest BCUT2D eigenvalue weighted by Gasteiger charge is 2.43. The quantitative estimate of drug-likeness (QED) is 0.650. The monoisotopic (exact) mass is 410 g/mol. The molecule has 30 heavy (non-hydrogen) atoms. The second kappa shape index (κ2) is 7.40. The predicted molar refractivity (Wildman–Crippen MR) is 113 cm³/mol. The maximum absolute atomic E-state index is 13.3. The number of anilines is 3. The van der Waals surface area contributed by atoms with Gasteiger partial charge in [0.15, 0.2) is 0 Å². The standard InChI is InChI=1S/C21H23FN6O2/c1-4-11-5-16(20(23)29)24-9-18(11)28(3)12-6-15(26-21(30)13-8-14(13)22)19-17(7-12)27(2)10-25-19/h5-7,9-10,13-14H,4,8H2,1-3H3,(H2,23,29)(H,26,30)/t13-,14+/m0/s1. The summed E-state index contributed by atoms with van der Waals surface area (Å²) in [6.45, 7) is 1.98. The van der Waals surface area contributed by atoms with Crippen LogP contribution in [0.15, 0.2) is 30.7 Å². The second-order valence-corrected chi connectivity index (χ2v) is 7.54. The molecule has 1 saturated carbocycles. The van der Waals surface area contributed by atoms with E-state index in [1.807, 2.05) is 42.6 Å². The highest BCUT2D eigenvalue weighted by atomic mass is 19.1. The summed E-state index contributed by atoms with van der Waals surface area (Å²) in [6.07, 6.45) is 3.15. The first-order chi connectivity index (χ1) is 14.3. The molecule has 2 amide bonds.